The van der Waals surface area contributed by atoms with Gasteiger partial charge in [0.1, 0.15) is 19.8 Å². The largest absolute Gasteiger partial charge is 0.486 e. The molecule has 2 heterocycles. The predicted molar refractivity (Wildman–Crippen MR) is 141 cm³/mol. The molecule has 6 nitrogen and oxygen atoms in total. The number of amides is 2. The number of nitrogens with one attached hydrogen (secondary N) is 1. The highest BCUT2D eigenvalue weighted by molar-refractivity contribution is 9.10. The highest BCUT2D eigenvalue weighted by Gasteiger charge is 2.30. The van der Waals surface area contributed by atoms with Crippen molar-refractivity contribution in [3.63, 3.8) is 0 Å². The molecule has 0 spiro atoms. The van der Waals surface area contributed by atoms with E-state index < -0.39 is 0 Å². The molecule has 0 radical (unpaired) electrons. The molecule has 2 amide bonds. The summed E-state index contributed by atoms with van der Waals surface area (Å²) in [6, 6.07) is 20.8. The van der Waals surface area contributed by atoms with E-state index in [9.17, 15) is 9.59 Å². The van der Waals surface area contributed by atoms with Crippen molar-refractivity contribution < 1.29 is 19.1 Å². The van der Waals surface area contributed by atoms with Crippen molar-refractivity contribution in [3.05, 3.63) is 87.2 Å². The molecule has 0 saturated heterocycles. The van der Waals surface area contributed by atoms with Gasteiger partial charge >= 0.3 is 0 Å². The fourth-order valence-corrected chi connectivity index (χ4v) is 5.49. The summed E-state index contributed by atoms with van der Waals surface area (Å²) in [5, 5.41) is 3.01. The first-order chi connectivity index (χ1) is 17.0. The molecule has 178 valence electrons. The van der Waals surface area contributed by atoms with Gasteiger partial charge in [-0.25, -0.2) is 0 Å². The Morgan fingerprint density at radius 1 is 1.09 bits per heavy atom. The van der Waals surface area contributed by atoms with Crippen molar-refractivity contribution >= 4 is 51.3 Å². The molecule has 0 bridgehead atoms. The molecule has 2 aliphatic heterocycles. The highest BCUT2D eigenvalue weighted by Crippen LogP contribution is 2.42. The molecule has 0 aliphatic carbocycles. The van der Waals surface area contributed by atoms with Crippen LogP contribution in [0.1, 0.15) is 24.1 Å². The van der Waals surface area contributed by atoms with Crippen molar-refractivity contribution in [2.24, 2.45) is 0 Å². The monoisotopic (exact) mass is 550 g/mol. The zero-order chi connectivity index (χ0) is 24.4. The van der Waals surface area contributed by atoms with Crippen molar-refractivity contribution in [1.82, 2.24) is 5.32 Å². The van der Waals surface area contributed by atoms with Gasteiger partial charge in [0.05, 0.1) is 16.6 Å². The van der Waals surface area contributed by atoms with Crippen LogP contribution in [0.15, 0.2) is 81.0 Å². The van der Waals surface area contributed by atoms with Gasteiger partial charge in [0.15, 0.2) is 11.5 Å². The van der Waals surface area contributed by atoms with Gasteiger partial charge in [-0.2, -0.15) is 0 Å². The fourth-order valence-electron chi connectivity index (χ4n) is 4.01. The smallest absolute Gasteiger partial charge is 0.265 e. The summed E-state index contributed by atoms with van der Waals surface area (Å²) in [6.45, 7) is 2.85. The van der Waals surface area contributed by atoms with Gasteiger partial charge in [0.25, 0.3) is 5.91 Å². The first kappa shape index (κ1) is 23.5. The molecule has 0 aromatic heterocycles. The van der Waals surface area contributed by atoms with E-state index in [1.165, 1.54) is 11.8 Å². The lowest BCUT2D eigenvalue weighted by molar-refractivity contribution is -0.122. The molecule has 5 rings (SSSR count). The summed E-state index contributed by atoms with van der Waals surface area (Å²) >= 11 is 4.89. The molecule has 3 aromatic carbocycles. The number of hydrogen-bond acceptors (Lipinski definition) is 5. The summed E-state index contributed by atoms with van der Waals surface area (Å²) in [5.74, 6) is 0.936. The third-order valence-electron chi connectivity index (χ3n) is 5.72. The number of anilines is 1. The molecule has 2 aliphatic rings. The summed E-state index contributed by atoms with van der Waals surface area (Å²) in [6.07, 6.45) is 1.86. The van der Waals surface area contributed by atoms with Crippen LogP contribution in [0.4, 0.5) is 5.69 Å². The third-order valence-corrected chi connectivity index (χ3v) is 7.29. The second-order valence-corrected chi connectivity index (χ2v) is 10.2. The Morgan fingerprint density at radius 2 is 1.89 bits per heavy atom. The second kappa shape index (κ2) is 10.2. The van der Waals surface area contributed by atoms with E-state index in [0.717, 1.165) is 26.2 Å². The summed E-state index contributed by atoms with van der Waals surface area (Å²) in [7, 11) is 0. The van der Waals surface area contributed by atoms with E-state index in [2.05, 4.69) is 21.2 Å². The Kier molecular flexibility index (Phi) is 6.83. The molecular weight excluding hydrogens is 528 g/mol. The molecule has 35 heavy (non-hydrogen) atoms. The van der Waals surface area contributed by atoms with Crippen LogP contribution in [-0.2, 0) is 9.59 Å². The number of ether oxygens (including phenoxy) is 2. The van der Waals surface area contributed by atoms with Crippen LogP contribution in [-0.4, -0.2) is 31.6 Å². The maximum Gasteiger partial charge on any atom is 0.265 e. The van der Waals surface area contributed by atoms with Gasteiger partial charge in [0.2, 0.25) is 5.91 Å². The SMILES string of the molecule is C[C@@H](NC(=O)CN1C(=O)/C(=C\c2cccc(Br)c2)Sc2ccccc21)c1ccc2c(c1)OCCO2. The van der Waals surface area contributed by atoms with E-state index in [4.69, 9.17) is 9.47 Å². The number of benzene rings is 3. The number of rotatable bonds is 5. The number of carbonyl (C=O) groups excluding carboxylic acids is 2. The van der Waals surface area contributed by atoms with Crippen molar-refractivity contribution in [3.8, 4) is 11.5 Å². The van der Waals surface area contributed by atoms with Crippen LogP contribution in [0.5, 0.6) is 11.5 Å². The van der Waals surface area contributed by atoms with E-state index in [0.29, 0.717) is 29.6 Å². The molecule has 1 atom stereocenters. The molecular formula is C27H23BrN2O4S. The van der Waals surface area contributed by atoms with E-state index in [-0.39, 0.29) is 24.4 Å². The van der Waals surface area contributed by atoms with Crippen LogP contribution >= 0.6 is 27.7 Å². The average molecular weight is 551 g/mol. The average Bonchev–Trinajstić information content (AvgIpc) is 2.86. The lowest BCUT2D eigenvalue weighted by Gasteiger charge is -2.30. The van der Waals surface area contributed by atoms with Gasteiger partial charge in [-0.05, 0) is 60.5 Å². The quantitative estimate of drug-likeness (QED) is 0.420. The van der Waals surface area contributed by atoms with Gasteiger partial charge in [-0.3, -0.25) is 14.5 Å². The van der Waals surface area contributed by atoms with Crippen molar-refractivity contribution in [2.75, 3.05) is 24.7 Å². The first-order valence-corrected chi connectivity index (χ1v) is 12.8. The summed E-state index contributed by atoms with van der Waals surface area (Å²) in [4.78, 5) is 29.5. The minimum Gasteiger partial charge on any atom is -0.486 e. The van der Waals surface area contributed by atoms with Crippen LogP contribution < -0.4 is 19.7 Å². The van der Waals surface area contributed by atoms with Crippen molar-refractivity contribution in [1.29, 1.82) is 0 Å². The van der Waals surface area contributed by atoms with Gasteiger partial charge < -0.3 is 14.8 Å². The number of fused-ring (bicyclic) bond motifs is 2. The number of halogens is 1. The zero-order valence-corrected chi connectivity index (χ0v) is 21.4. The van der Waals surface area contributed by atoms with Crippen molar-refractivity contribution in [2.45, 2.75) is 17.9 Å². The zero-order valence-electron chi connectivity index (χ0n) is 19.0. The fraction of sp³-hybridized carbons (Fsp3) is 0.185. The van der Waals surface area contributed by atoms with Gasteiger partial charge in [0, 0.05) is 9.37 Å². The number of hydrogen-bond donors (Lipinski definition) is 1. The van der Waals surface area contributed by atoms with Crippen LogP contribution in [0.25, 0.3) is 6.08 Å². The third kappa shape index (κ3) is 5.23. The van der Waals surface area contributed by atoms with Crippen LogP contribution in [0, 0.1) is 0 Å². The minimum atomic E-state index is -0.264. The minimum absolute atomic E-state index is 0.0822. The maximum atomic E-state index is 13.4. The van der Waals surface area contributed by atoms with E-state index in [1.54, 1.807) is 4.90 Å². The normalized spacial score (nSPS) is 16.6. The Hall–Kier alpha value is -3.23. The first-order valence-electron chi connectivity index (χ1n) is 11.2. The summed E-state index contributed by atoms with van der Waals surface area (Å²) in [5.41, 5.74) is 2.54. The van der Waals surface area contributed by atoms with E-state index in [1.807, 2.05) is 79.7 Å². The topological polar surface area (TPSA) is 67.9 Å². The number of para-hydroxylation sites is 1. The standard InChI is InChI=1S/C27H23BrN2O4S/c1-17(19-9-10-22-23(15-19)34-12-11-33-22)29-26(31)16-30-21-7-2-3-8-24(21)35-25(27(30)32)14-18-5-4-6-20(28)13-18/h2-10,13-15,17H,11-12,16H2,1H3,(H,29,31)/b25-14+/t17-/m1/s1. The molecule has 1 N–H and O–H groups in total. The molecule has 0 unspecified atom stereocenters. The Morgan fingerprint density at radius 3 is 2.71 bits per heavy atom. The van der Waals surface area contributed by atoms with Crippen LogP contribution in [0.3, 0.4) is 0 Å². The lowest BCUT2D eigenvalue weighted by Crippen LogP contribution is -2.43. The number of nitrogens with zero attached hydrogens (tertiary/aromatic N) is 1. The molecule has 8 heteroatoms. The molecule has 0 fully saturated rings. The summed E-state index contributed by atoms with van der Waals surface area (Å²) < 4.78 is 12.2. The number of carbonyl (C=O) groups is 2. The Labute approximate surface area is 216 Å². The number of thioether (sulfide) groups is 1. The molecule has 3 aromatic rings. The predicted octanol–water partition coefficient (Wildman–Crippen LogP) is 5.58. The highest BCUT2D eigenvalue weighted by atomic mass is 79.9. The van der Waals surface area contributed by atoms with Crippen LogP contribution in [0.2, 0.25) is 0 Å². The van der Waals surface area contributed by atoms with Gasteiger partial charge in [-0.15, -0.1) is 0 Å². The maximum absolute atomic E-state index is 13.4. The van der Waals surface area contributed by atoms with E-state index >= 15 is 0 Å². The Balaban J connectivity index is 1.35. The van der Waals surface area contributed by atoms with Gasteiger partial charge in [-0.1, -0.05) is 58.0 Å². The Bertz CT molecular complexity index is 1330. The second-order valence-electron chi connectivity index (χ2n) is 8.22. The lowest BCUT2D eigenvalue weighted by atomic mass is 10.1. The molecule has 0 saturated carbocycles.